The van der Waals surface area contributed by atoms with Crippen molar-refractivity contribution in [1.82, 2.24) is 5.32 Å². The minimum absolute atomic E-state index is 0.0108. The van der Waals surface area contributed by atoms with Crippen molar-refractivity contribution in [1.29, 1.82) is 5.26 Å². The van der Waals surface area contributed by atoms with Gasteiger partial charge in [0.2, 0.25) is 0 Å². The highest BCUT2D eigenvalue weighted by Crippen LogP contribution is 2.29. The molecule has 7 heteroatoms. The Morgan fingerprint density at radius 3 is 2.47 bits per heavy atom. The number of ether oxygens (including phenoxy) is 3. The zero-order valence-electron chi connectivity index (χ0n) is 18.1. The van der Waals surface area contributed by atoms with Gasteiger partial charge >= 0.3 is 5.97 Å². The topological polar surface area (TPSA) is 97.6 Å². The Morgan fingerprint density at radius 1 is 1.17 bits per heavy atom. The summed E-state index contributed by atoms with van der Waals surface area (Å²) in [4.78, 5) is 24.5. The standard InChI is InChI=1S/C23H30N2O5/c1-16(2)29-19-10-8-18(14-20(19)28-4)9-11-21(26)30-17(3)22(27)25-23(15-24)12-6-5-7-13-23/h8-11,14,16-17H,5-7,12-13H2,1-4H3,(H,25,27)/b11-9+/t17-/m0/s1. The number of hydrogen-bond donors (Lipinski definition) is 1. The van der Waals surface area contributed by atoms with E-state index in [0.717, 1.165) is 24.8 Å². The van der Waals surface area contributed by atoms with Gasteiger partial charge in [-0.2, -0.15) is 5.26 Å². The normalized spacial score (nSPS) is 16.5. The van der Waals surface area contributed by atoms with Gasteiger partial charge in [0.1, 0.15) is 5.54 Å². The van der Waals surface area contributed by atoms with Crippen LogP contribution in [0, 0.1) is 11.3 Å². The third kappa shape index (κ3) is 6.51. The van der Waals surface area contributed by atoms with Crippen molar-refractivity contribution >= 4 is 18.0 Å². The van der Waals surface area contributed by atoms with E-state index in [1.807, 2.05) is 13.8 Å². The van der Waals surface area contributed by atoms with Crippen LogP contribution < -0.4 is 14.8 Å². The number of esters is 1. The fourth-order valence-corrected chi connectivity index (χ4v) is 3.33. The van der Waals surface area contributed by atoms with E-state index in [-0.39, 0.29) is 6.10 Å². The largest absolute Gasteiger partial charge is 0.493 e. The van der Waals surface area contributed by atoms with E-state index in [1.54, 1.807) is 31.4 Å². The Hall–Kier alpha value is -3.01. The van der Waals surface area contributed by atoms with Crippen LogP contribution in [0.5, 0.6) is 11.5 Å². The molecule has 0 aliphatic heterocycles. The maximum Gasteiger partial charge on any atom is 0.331 e. The first kappa shape index (κ1) is 23.3. The monoisotopic (exact) mass is 414 g/mol. The zero-order chi connectivity index (χ0) is 22.1. The predicted molar refractivity (Wildman–Crippen MR) is 113 cm³/mol. The van der Waals surface area contributed by atoms with Crippen LogP contribution in [0.15, 0.2) is 24.3 Å². The van der Waals surface area contributed by atoms with Crippen LogP contribution in [0.3, 0.4) is 0 Å². The first-order valence-corrected chi connectivity index (χ1v) is 10.3. The van der Waals surface area contributed by atoms with E-state index in [9.17, 15) is 14.9 Å². The third-order valence-electron chi connectivity index (χ3n) is 4.91. The molecule has 1 saturated carbocycles. The molecule has 0 spiro atoms. The first-order chi connectivity index (χ1) is 14.3. The van der Waals surface area contributed by atoms with Gasteiger partial charge in [-0.3, -0.25) is 4.79 Å². The van der Waals surface area contributed by atoms with Crippen molar-refractivity contribution in [3.8, 4) is 17.6 Å². The van der Waals surface area contributed by atoms with Crippen molar-refractivity contribution in [3.05, 3.63) is 29.8 Å². The number of nitriles is 1. The number of carbonyl (C=O) groups excluding carboxylic acids is 2. The maximum atomic E-state index is 12.4. The molecule has 0 bridgehead atoms. The number of methoxy groups -OCH3 is 1. The SMILES string of the molecule is COc1cc(/C=C/C(=O)O[C@@H](C)C(=O)NC2(C#N)CCCCC2)ccc1OC(C)C. The van der Waals surface area contributed by atoms with Gasteiger partial charge in [0.05, 0.1) is 19.3 Å². The van der Waals surface area contributed by atoms with E-state index in [1.165, 1.54) is 13.0 Å². The second-order valence-corrected chi connectivity index (χ2v) is 7.73. The number of carbonyl (C=O) groups is 2. The summed E-state index contributed by atoms with van der Waals surface area (Å²) in [5.74, 6) is 0.0683. The van der Waals surface area contributed by atoms with Crippen LogP contribution in [0.25, 0.3) is 6.08 Å². The number of rotatable bonds is 8. The molecule has 0 heterocycles. The van der Waals surface area contributed by atoms with Gasteiger partial charge in [-0.25, -0.2) is 4.79 Å². The third-order valence-corrected chi connectivity index (χ3v) is 4.91. The molecule has 2 rings (SSSR count). The summed E-state index contributed by atoms with van der Waals surface area (Å²) in [6.07, 6.45) is 5.94. The van der Waals surface area contributed by atoms with Crippen LogP contribution in [0.4, 0.5) is 0 Å². The lowest BCUT2D eigenvalue weighted by atomic mass is 9.83. The lowest BCUT2D eigenvalue weighted by molar-refractivity contribution is -0.150. The Morgan fingerprint density at radius 2 is 1.87 bits per heavy atom. The van der Waals surface area contributed by atoms with Gasteiger partial charge in [-0.15, -0.1) is 0 Å². The second kappa shape index (κ2) is 10.7. The molecule has 0 saturated heterocycles. The number of amides is 1. The fourth-order valence-electron chi connectivity index (χ4n) is 3.33. The van der Waals surface area contributed by atoms with Crippen molar-refractivity contribution in [3.63, 3.8) is 0 Å². The molecule has 0 unspecified atom stereocenters. The number of nitrogens with one attached hydrogen (secondary N) is 1. The van der Waals surface area contributed by atoms with Crippen LogP contribution in [0.1, 0.15) is 58.4 Å². The van der Waals surface area contributed by atoms with Gasteiger partial charge in [0, 0.05) is 6.08 Å². The van der Waals surface area contributed by atoms with Gasteiger partial charge in [-0.1, -0.05) is 25.3 Å². The minimum Gasteiger partial charge on any atom is -0.493 e. The van der Waals surface area contributed by atoms with E-state index < -0.39 is 23.5 Å². The number of nitrogens with zero attached hydrogens (tertiary/aromatic N) is 1. The highest BCUT2D eigenvalue weighted by atomic mass is 16.5. The van der Waals surface area contributed by atoms with E-state index in [2.05, 4.69) is 11.4 Å². The smallest absolute Gasteiger partial charge is 0.331 e. The van der Waals surface area contributed by atoms with Crippen LogP contribution >= 0.6 is 0 Å². The molecule has 1 fully saturated rings. The van der Waals surface area contributed by atoms with Gasteiger partial charge < -0.3 is 19.5 Å². The fraction of sp³-hybridized carbons (Fsp3) is 0.522. The lowest BCUT2D eigenvalue weighted by Crippen LogP contribution is -2.52. The Balaban J connectivity index is 1.95. The predicted octanol–water partition coefficient (Wildman–Crippen LogP) is 3.77. The quantitative estimate of drug-likeness (QED) is 0.514. The molecule has 0 aromatic heterocycles. The molecule has 7 nitrogen and oxygen atoms in total. The first-order valence-electron chi connectivity index (χ1n) is 10.3. The molecule has 1 amide bonds. The van der Waals surface area contributed by atoms with Gasteiger partial charge in [-0.05, 0) is 57.4 Å². The Labute approximate surface area is 178 Å². The molecule has 1 aromatic rings. The van der Waals surface area contributed by atoms with Crippen LogP contribution in [-0.2, 0) is 14.3 Å². The van der Waals surface area contributed by atoms with Gasteiger partial charge in [0.15, 0.2) is 17.6 Å². The Bertz CT molecular complexity index is 819. The molecule has 1 aromatic carbocycles. The number of hydrogen-bond acceptors (Lipinski definition) is 6. The maximum absolute atomic E-state index is 12.4. The van der Waals surface area contributed by atoms with Gasteiger partial charge in [0.25, 0.3) is 5.91 Å². The molecule has 1 N–H and O–H groups in total. The summed E-state index contributed by atoms with van der Waals surface area (Å²) in [7, 11) is 1.55. The minimum atomic E-state index is -0.995. The van der Waals surface area contributed by atoms with Crippen molar-refractivity contribution < 1.29 is 23.8 Å². The average Bonchev–Trinajstić information content (AvgIpc) is 2.73. The average molecular weight is 415 g/mol. The highest BCUT2D eigenvalue weighted by Gasteiger charge is 2.35. The molecule has 1 atom stereocenters. The highest BCUT2D eigenvalue weighted by molar-refractivity contribution is 5.90. The van der Waals surface area contributed by atoms with Crippen LogP contribution in [0.2, 0.25) is 0 Å². The summed E-state index contributed by atoms with van der Waals surface area (Å²) in [6, 6.07) is 7.53. The molecule has 1 aliphatic carbocycles. The van der Waals surface area contributed by atoms with Crippen molar-refractivity contribution in [2.24, 2.45) is 0 Å². The summed E-state index contributed by atoms with van der Waals surface area (Å²) in [5.41, 5.74) is -0.134. The van der Waals surface area contributed by atoms with E-state index in [4.69, 9.17) is 14.2 Å². The Kier molecular flexibility index (Phi) is 8.28. The summed E-state index contributed by atoms with van der Waals surface area (Å²) in [6.45, 7) is 5.34. The molecular weight excluding hydrogens is 384 g/mol. The zero-order valence-corrected chi connectivity index (χ0v) is 18.1. The summed E-state index contributed by atoms with van der Waals surface area (Å²) < 4.78 is 16.2. The van der Waals surface area contributed by atoms with E-state index in [0.29, 0.717) is 24.3 Å². The van der Waals surface area contributed by atoms with Crippen LogP contribution in [-0.4, -0.2) is 36.7 Å². The molecule has 1 aliphatic rings. The lowest BCUT2D eigenvalue weighted by Gasteiger charge is -2.32. The van der Waals surface area contributed by atoms with Crippen molar-refractivity contribution in [2.75, 3.05) is 7.11 Å². The summed E-state index contributed by atoms with van der Waals surface area (Å²) in [5, 5.41) is 12.2. The second-order valence-electron chi connectivity index (χ2n) is 7.73. The van der Waals surface area contributed by atoms with E-state index >= 15 is 0 Å². The molecule has 30 heavy (non-hydrogen) atoms. The molecular formula is C23H30N2O5. The molecule has 162 valence electrons. The molecule has 0 radical (unpaired) electrons. The van der Waals surface area contributed by atoms with Crippen molar-refractivity contribution in [2.45, 2.75) is 70.6 Å². The number of benzene rings is 1. The summed E-state index contributed by atoms with van der Waals surface area (Å²) >= 11 is 0.